The van der Waals surface area contributed by atoms with Crippen LogP contribution >= 0.6 is 0 Å². The van der Waals surface area contributed by atoms with Crippen LogP contribution in [0.15, 0.2) is 35.4 Å². The summed E-state index contributed by atoms with van der Waals surface area (Å²) in [5.74, 6) is -0.202. The zero-order valence-corrected chi connectivity index (χ0v) is 18.9. The molecule has 3 aliphatic rings. The number of imide groups is 1. The van der Waals surface area contributed by atoms with E-state index in [2.05, 4.69) is 10.2 Å². The Morgan fingerprint density at radius 3 is 2.44 bits per heavy atom. The summed E-state index contributed by atoms with van der Waals surface area (Å²) in [6.45, 7) is 7.17. The lowest BCUT2D eigenvalue weighted by Gasteiger charge is -2.42. The molecule has 1 aromatic rings. The number of nitrogens with one attached hydrogen (secondary N) is 1. The Morgan fingerprint density at radius 1 is 1.06 bits per heavy atom. The van der Waals surface area contributed by atoms with Gasteiger partial charge in [-0.05, 0) is 19.4 Å². The van der Waals surface area contributed by atoms with E-state index in [0.717, 1.165) is 11.3 Å². The van der Waals surface area contributed by atoms with Crippen LogP contribution in [0.1, 0.15) is 19.4 Å². The Hall–Kier alpha value is -2.53. The molecular formula is C22H32N6O4. The van der Waals surface area contributed by atoms with Gasteiger partial charge in [0.1, 0.15) is 12.2 Å². The third-order valence-electron chi connectivity index (χ3n) is 6.06. The first-order valence-corrected chi connectivity index (χ1v) is 11.2. The van der Waals surface area contributed by atoms with Crippen molar-refractivity contribution in [2.75, 3.05) is 53.1 Å². The van der Waals surface area contributed by atoms with Crippen LogP contribution < -0.4 is 5.32 Å². The molecule has 0 spiro atoms. The molecule has 3 aliphatic heterocycles. The van der Waals surface area contributed by atoms with Crippen LogP contribution in [0.5, 0.6) is 0 Å². The lowest BCUT2D eigenvalue weighted by Crippen LogP contribution is -2.66. The Kier molecular flexibility index (Phi) is 7.04. The Morgan fingerprint density at radius 2 is 1.75 bits per heavy atom. The summed E-state index contributed by atoms with van der Waals surface area (Å²) in [6.07, 6.45) is -0.729. The highest BCUT2D eigenvalue weighted by atomic mass is 16.5. The van der Waals surface area contributed by atoms with Crippen molar-refractivity contribution < 1.29 is 19.1 Å². The van der Waals surface area contributed by atoms with Crippen molar-refractivity contribution in [1.29, 1.82) is 0 Å². The number of amides is 3. The fourth-order valence-corrected chi connectivity index (χ4v) is 4.45. The second-order valence-corrected chi connectivity index (χ2v) is 7.96. The fraction of sp³-hybridized carbons (Fsp3) is 0.591. The summed E-state index contributed by atoms with van der Waals surface area (Å²) in [6, 6.07) is 9.15. The summed E-state index contributed by atoms with van der Waals surface area (Å²) in [5, 5.41) is 10.3. The second-order valence-electron chi connectivity index (χ2n) is 7.96. The average molecular weight is 445 g/mol. The molecule has 0 aromatic heterocycles. The molecule has 10 heteroatoms. The van der Waals surface area contributed by atoms with E-state index in [9.17, 15) is 9.59 Å². The van der Waals surface area contributed by atoms with Gasteiger partial charge in [-0.3, -0.25) is 20.0 Å². The third kappa shape index (κ3) is 4.23. The number of carbonyl (C=O) groups excluding carboxylic acids is 2. The molecule has 32 heavy (non-hydrogen) atoms. The minimum atomic E-state index is -0.506. The summed E-state index contributed by atoms with van der Waals surface area (Å²) in [7, 11) is 1.73. The maximum absolute atomic E-state index is 13.5. The van der Waals surface area contributed by atoms with Gasteiger partial charge in [-0.15, -0.1) is 0 Å². The molecule has 0 radical (unpaired) electrons. The topological polar surface area (TPSA) is 89.9 Å². The predicted molar refractivity (Wildman–Crippen MR) is 119 cm³/mol. The summed E-state index contributed by atoms with van der Waals surface area (Å²) in [5.41, 5.74) is 1.89. The number of nitrogens with zero attached hydrogens (tertiary/aromatic N) is 5. The van der Waals surface area contributed by atoms with Crippen molar-refractivity contribution in [3.8, 4) is 0 Å². The van der Waals surface area contributed by atoms with Crippen molar-refractivity contribution >= 4 is 17.6 Å². The van der Waals surface area contributed by atoms with Gasteiger partial charge in [0.05, 0.1) is 32.0 Å². The van der Waals surface area contributed by atoms with E-state index in [1.54, 1.807) is 11.9 Å². The molecule has 174 valence electrons. The molecule has 3 unspecified atom stereocenters. The highest BCUT2D eigenvalue weighted by Crippen LogP contribution is 2.30. The van der Waals surface area contributed by atoms with Gasteiger partial charge < -0.3 is 14.4 Å². The number of hydrazone groups is 1. The number of hydrogen-bond acceptors (Lipinski definition) is 8. The Bertz CT molecular complexity index is 850. The first-order valence-electron chi connectivity index (χ1n) is 11.2. The van der Waals surface area contributed by atoms with Crippen molar-refractivity contribution in [3.05, 3.63) is 35.9 Å². The van der Waals surface area contributed by atoms with Crippen molar-refractivity contribution in [2.24, 2.45) is 5.10 Å². The quantitative estimate of drug-likeness (QED) is 0.557. The van der Waals surface area contributed by atoms with Gasteiger partial charge >= 0.3 is 6.03 Å². The lowest BCUT2D eigenvalue weighted by atomic mass is 10.1. The van der Waals surface area contributed by atoms with Crippen LogP contribution in [0.25, 0.3) is 0 Å². The first kappa shape index (κ1) is 22.7. The zero-order chi connectivity index (χ0) is 22.7. The van der Waals surface area contributed by atoms with E-state index < -0.39 is 12.2 Å². The normalized spacial score (nSPS) is 25.8. The number of ether oxygens (including phenoxy) is 2. The maximum Gasteiger partial charge on any atom is 0.327 e. The number of carbonyl (C=O) groups is 2. The minimum absolute atomic E-state index is 0.202. The molecule has 0 aliphatic carbocycles. The molecule has 0 bridgehead atoms. The number of hydrogen-bond donors (Lipinski definition) is 1. The van der Waals surface area contributed by atoms with E-state index in [-0.39, 0.29) is 24.8 Å². The van der Waals surface area contributed by atoms with Crippen molar-refractivity contribution in [1.82, 2.24) is 25.0 Å². The third-order valence-corrected chi connectivity index (χ3v) is 6.06. The van der Waals surface area contributed by atoms with E-state index in [4.69, 9.17) is 14.6 Å². The number of benzene rings is 1. The highest BCUT2D eigenvalue weighted by Gasteiger charge is 2.56. The summed E-state index contributed by atoms with van der Waals surface area (Å²) in [4.78, 5) is 31.4. The van der Waals surface area contributed by atoms with Gasteiger partial charge in [0.15, 0.2) is 6.29 Å². The first-order chi connectivity index (χ1) is 15.6. The Labute approximate surface area is 188 Å². The molecule has 2 saturated heterocycles. The minimum Gasteiger partial charge on any atom is -0.380 e. The van der Waals surface area contributed by atoms with Gasteiger partial charge in [0, 0.05) is 26.8 Å². The molecule has 1 N–H and O–H groups in total. The average Bonchev–Trinajstić information content (AvgIpc) is 3.21. The summed E-state index contributed by atoms with van der Waals surface area (Å²) >= 11 is 0. The van der Waals surface area contributed by atoms with E-state index in [1.165, 1.54) is 4.90 Å². The van der Waals surface area contributed by atoms with E-state index >= 15 is 0 Å². The highest BCUT2D eigenvalue weighted by molar-refractivity contribution is 6.04. The zero-order valence-electron chi connectivity index (χ0n) is 18.9. The number of likely N-dealkylation sites (N-methyl/N-ethyl adjacent to an activating group) is 1. The Balaban J connectivity index is 1.62. The molecule has 10 nitrogen and oxygen atoms in total. The maximum atomic E-state index is 13.5. The van der Waals surface area contributed by atoms with Crippen LogP contribution in [0.3, 0.4) is 0 Å². The van der Waals surface area contributed by atoms with E-state index in [0.29, 0.717) is 39.5 Å². The van der Waals surface area contributed by atoms with E-state index in [1.807, 2.05) is 49.2 Å². The number of urea groups is 1. The van der Waals surface area contributed by atoms with Gasteiger partial charge in [-0.25, -0.2) is 9.69 Å². The van der Waals surface area contributed by atoms with Crippen LogP contribution in [0.4, 0.5) is 4.79 Å². The monoisotopic (exact) mass is 444 g/mol. The number of rotatable bonds is 9. The lowest BCUT2D eigenvalue weighted by molar-refractivity contribution is -0.139. The van der Waals surface area contributed by atoms with Gasteiger partial charge in [-0.2, -0.15) is 5.10 Å². The molecular weight excluding hydrogens is 412 g/mol. The number of fused-ring (bicyclic) bond motifs is 3. The van der Waals surface area contributed by atoms with Crippen molar-refractivity contribution in [3.63, 3.8) is 0 Å². The largest absolute Gasteiger partial charge is 0.380 e. The molecule has 4 rings (SSSR count). The van der Waals surface area contributed by atoms with Gasteiger partial charge in [-0.1, -0.05) is 30.3 Å². The molecule has 3 heterocycles. The second kappa shape index (κ2) is 9.95. The molecule has 2 fully saturated rings. The molecule has 3 amide bonds. The predicted octanol–water partition coefficient (Wildman–Crippen LogP) is 0.557. The fourth-order valence-electron chi connectivity index (χ4n) is 4.45. The van der Waals surface area contributed by atoms with Crippen LogP contribution in [0, 0.1) is 0 Å². The standard InChI is InChI=1S/C22H32N6O4/c1-4-31-13-11-26-20(29)18-19(25(3)22(26)30)23-21-27(18)15-17(16-9-7-6-8-10-16)24-28(21)12-14-32-5-2/h6-10,18-19,21,23H,4-5,11-15H2,1-3H3. The van der Waals surface area contributed by atoms with Gasteiger partial charge in [0.2, 0.25) is 0 Å². The smallest absolute Gasteiger partial charge is 0.327 e. The van der Waals surface area contributed by atoms with Gasteiger partial charge in [0.25, 0.3) is 5.91 Å². The molecule has 3 atom stereocenters. The summed E-state index contributed by atoms with van der Waals surface area (Å²) < 4.78 is 11.0. The molecule has 0 saturated carbocycles. The van der Waals surface area contributed by atoms with Crippen LogP contribution in [0.2, 0.25) is 0 Å². The van der Waals surface area contributed by atoms with Crippen LogP contribution in [-0.2, 0) is 14.3 Å². The van der Waals surface area contributed by atoms with Crippen LogP contribution in [-0.4, -0.2) is 109 Å². The molecule has 1 aromatic carbocycles. The van der Waals surface area contributed by atoms with Crippen molar-refractivity contribution in [2.45, 2.75) is 32.3 Å². The SMILES string of the molecule is CCOCCN1C(=O)C2C(NC3N(CCOCC)N=C(c4ccccc4)CN23)N(C)C1=O.